The van der Waals surface area contributed by atoms with Crippen LogP contribution < -0.4 is 16.0 Å². The van der Waals surface area contributed by atoms with E-state index in [0.29, 0.717) is 36.9 Å². The van der Waals surface area contributed by atoms with Crippen molar-refractivity contribution in [3.8, 4) is 0 Å². The summed E-state index contributed by atoms with van der Waals surface area (Å²) in [4.78, 5) is 40.4. The number of carbonyl (C=O) groups excluding carboxylic acids is 3. The summed E-state index contributed by atoms with van der Waals surface area (Å²) in [6.07, 6.45) is 6.35. The maximum absolute atomic E-state index is 13.5. The zero-order valence-corrected chi connectivity index (χ0v) is 25.3. The Morgan fingerprint density at radius 2 is 1.88 bits per heavy atom. The van der Waals surface area contributed by atoms with E-state index in [0.717, 1.165) is 44.2 Å². The molecule has 0 aromatic heterocycles. The maximum atomic E-state index is 13.5. The highest BCUT2D eigenvalue weighted by atomic mass is 16.7. The molecule has 5 aliphatic rings. The summed E-state index contributed by atoms with van der Waals surface area (Å²) in [5, 5.41) is 8.89. The molecular weight excluding hydrogens is 519 g/mol. The van der Waals surface area contributed by atoms with E-state index in [1.807, 2.05) is 24.1 Å². The predicted octanol–water partition coefficient (Wildman–Crippen LogP) is 3.07. The molecule has 5 fully saturated rings. The molecule has 3 aliphatic carbocycles. The van der Waals surface area contributed by atoms with Crippen molar-refractivity contribution in [2.75, 3.05) is 20.1 Å². The lowest BCUT2D eigenvalue weighted by atomic mass is 9.43. The Kier molecular flexibility index (Phi) is 8.83. The van der Waals surface area contributed by atoms with Crippen LogP contribution in [-0.2, 0) is 25.4 Å². The molecule has 2 heterocycles. The van der Waals surface area contributed by atoms with Crippen molar-refractivity contribution in [3.05, 3.63) is 35.4 Å². The van der Waals surface area contributed by atoms with Crippen LogP contribution in [0.2, 0.25) is 0 Å². The number of rotatable bonds is 11. The third-order valence-corrected chi connectivity index (χ3v) is 10.4. The van der Waals surface area contributed by atoms with Crippen LogP contribution in [0.15, 0.2) is 24.3 Å². The molecule has 1 aromatic carbocycles. The molecule has 2 aliphatic heterocycles. The fourth-order valence-electron chi connectivity index (χ4n) is 7.65. The van der Waals surface area contributed by atoms with Crippen molar-refractivity contribution in [3.63, 3.8) is 0 Å². The summed E-state index contributed by atoms with van der Waals surface area (Å²) in [7, 11) is 1.48. The van der Waals surface area contributed by atoms with Crippen LogP contribution in [0.3, 0.4) is 0 Å². The van der Waals surface area contributed by atoms with Crippen LogP contribution >= 0.6 is 0 Å². The molecule has 6 atom stereocenters. The average molecular weight is 567 g/mol. The lowest BCUT2D eigenvalue weighted by Crippen LogP contribution is -2.65. The number of likely N-dealkylation sites (tertiary alicyclic amines) is 1. The van der Waals surface area contributed by atoms with Crippen LogP contribution in [0.1, 0.15) is 88.6 Å². The van der Waals surface area contributed by atoms with Gasteiger partial charge in [-0.1, -0.05) is 26.0 Å². The standard InChI is InChI=1S/C31H47BN4O5/c1-20(35-28(38)22-13-11-21(12-14-22)19-34-27(37)10-6-7-15-33-5)29(39)36-16-8-9-26(36)32-40-25-18-23-17-24(30(23,2)3)31(25,4)41-32/h11-14,20,23-26,33H,6-10,15-19H2,1-5H3,(H,34,37)(H,35,38)/t20-,23+,24+,25?,26+,31+/m1/s1. The Hall–Kier alpha value is -2.43. The number of hydrogen-bond acceptors (Lipinski definition) is 6. The fourth-order valence-corrected chi connectivity index (χ4v) is 7.65. The van der Waals surface area contributed by atoms with E-state index in [1.165, 1.54) is 6.42 Å². The minimum atomic E-state index is -0.670. The molecule has 224 valence electrons. The first-order valence-electron chi connectivity index (χ1n) is 15.5. The molecule has 41 heavy (non-hydrogen) atoms. The van der Waals surface area contributed by atoms with E-state index in [2.05, 4.69) is 36.7 Å². The van der Waals surface area contributed by atoms with Gasteiger partial charge in [0.2, 0.25) is 11.8 Å². The molecule has 6 rings (SSSR count). The zero-order valence-electron chi connectivity index (χ0n) is 25.3. The Bertz CT molecular complexity index is 1130. The van der Waals surface area contributed by atoms with Crippen molar-refractivity contribution < 1.29 is 23.7 Å². The van der Waals surface area contributed by atoms with Crippen LogP contribution in [0, 0.1) is 17.3 Å². The Morgan fingerprint density at radius 3 is 2.59 bits per heavy atom. The molecule has 0 spiro atoms. The number of nitrogens with zero attached hydrogens (tertiary/aromatic N) is 1. The third-order valence-electron chi connectivity index (χ3n) is 10.4. The van der Waals surface area contributed by atoms with Gasteiger partial charge in [0.15, 0.2) is 0 Å². The Labute approximate surface area is 245 Å². The Morgan fingerprint density at radius 1 is 1.12 bits per heavy atom. The van der Waals surface area contributed by atoms with Gasteiger partial charge in [-0.15, -0.1) is 0 Å². The molecular formula is C31H47BN4O5. The average Bonchev–Trinajstić information content (AvgIpc) is 3.58. The zero-order chi connectivity index (χ0) is 29.4. The third kappa shape index (κ3) is 5.93. The topological polar surface area (TPSA) is 109 Å². The normalized spacial score (nSPS) is 30.4. The number of hydrogen-bond donors (Lipinski definition) is 3. The highest BCUT2D eigenvalue weighted by molar-refractivity contribution is 6.48. The van der Waals surface area contributed by atoms with Crippen molar-refractivity contribution in [1.82, 2.24) is 20.9 Å². The summed E-state index contributed by atoms with van der Waals surface area (Å²) >= 11 is 0. The van der Waals surface area contributed by atoms with Gasteiger partial charge in [-0.25, -0.2) is 0 Å². The first-order valence-corrected chi connectivity index (χ1v) is 15.5. The number of carbonyl (C=O) groups is 3. The first-order chi connectivity index (χ1) is 19.5. The van der Waals surface area contributed by atoms with Gasteiger partial charge in [-0.05, 0) is 101 Å². The fraction of sp³-hybridized carbons (Fsp3) is 0.710. The Balaban J connectivity index is 1.11. The van der Waals surface area contributed by atoms with Crippen molar-refractivity contribution in [2.24, 2.45) is 17.3 Å². The molecule has 10 heteroatoms. The second-order valence-electron chi connectivity index (χ2n) is 13.3. The number of unbranched alkanes of at least 4 members (excludes halogenated alkanes) is 1. The summed E-state index contributed by atoms with van der Waals surface area (Å²) in [6.45, 7) is 10.6. The molecule has 1 unspecified atom stereocenters. The minimum absolute atomic E-state index is 0.0253. The van der Waals surface area contributed by atoms with Crippen molar-refractivity contribution >= 4 is 24.8 Å². The van der Waals surface area contributed by atoms with Gasteiger partial charge in [-0.3, -0.25) is 14.4 Å². The number of nitrogens with one attached hydrogen (secondary N) is 3. The smallest absolute Gasteiger partial charge is 0.404 e. The van der Waals surface area contributed by atoms with E-state index >= 15 is 0 Å². The van der Waals surface area contributed by atoms with Gasteiger partial charge in [-0.2, -0.15) is 0 Å². The molecule has 3 amide bonds. The van der Waals surface area contributed by atoms with E-state index in [-0.39, 0.29) is 40.8 Å². The molecule has 3 N–H and O–H groups in total. The quantitative estimate of drug-likeness (QED) is 0.281. The molecule has 2 bridgehead atoms. The van der Waals surface area contributed by atoms with Crippen LogP contribution in [-0.4, -0.2) is 73.6 Å². The van der Waals surface area contributed by atoms with E-state index in [1.54, 1.807) is 19.1 Å². The highest BCUT2D eigenvalue weighted by Crippen LogP contribution is 2.65. The monoisotopic (exact) mass is 566 g/mol. The molecule has 3 saturated carbocycles. The largest absolute Gasteiger partial charge is 0.481 e. The lowest BCUT2D eigenvalue weighted by Gasteiger charge is -2.64. The maximum Gasteiger partial charge on any atom is 0.481 e. The summed E-state index contributed by atoms with van der Waals surface area (Å²) in [6, 6.07) is 6.46. The van der Waals surface area contributed by atoms with Gasteiger partial charge in [0.1, 0.15) is 6.04 Å². The SMILES string of the molecule is CNCCCCC(=O)NCc1ccc(C(=O)N[C@H](C)C(=O)N2CCC[C@H]2B2OC3C[C@@H]4C[C@@H](C4(C)C)[C@]3(C)O2)cc1. The number of amides is 3. The predicted molar refractivity (Wildman–Crippen MR) is 158 cm³/mol. The van der Waals surface area contributed by atoms with Crippen LogP contribution in [0.4, 0.5) is 0 Å². The summed E-state index contributed by atoms with van der Waals surface area (Å²) < 4.78 is 13.2. The van der Waals surface area contributed by atoms with Gasteiger partial charge < -0.3 is 30.2 Å². The summed E-state index contributed by atoms with van der Waals surface area (Å²) in [5.41, 5.74) is 1.36. The van der Waals surface area contributed by atoms with Crippen molar-refractivity contribution in [2.45, 2.75) is 103 Å². The van der Waals surface area contributed by atoms with Gasteiger partial charge >= 0.3 is 7.12 Å². The van der Waals surface area contributed by atoms with E-state index in [4.69, 9.17) is 9.31 Å². The van der Waals surface area contributed by atoms with Gasteiger partial charge in [0.25, 0.3) is 5.91 Å². The van der Waals surface area contributed by atoms with E-state index in [9.17, 15) is 14.4 Å². The van der Waals surface area contributed by atoms with Gasteiger partial charge in [0, 0.05) is 25.1 Å². The minimum Gasteiger partial charge on any atom is -0.404 e. The van der Waals surface area contributed by atoms with E-state index < -0.39 is 13.2 Å². The molecule has 1 aromatic rings. The van der Waals surface area contributed by atoms with Crippen LogP contribution in [0.25, 0.3) is 0 Å². The second-order valence-corrected chi connectivity index (χ2v) is 13.3. The lowest BCUT2D eigenvalue weighted by molar-refractivity contribution is -0.199. The summed E-state index contributed by atoms with van der Waals surface area (Å²) in [5.74, 6) is 0.640. The highest BCUT2D eigenvalue weighted by Gasteiger charge is 2.69. The molecule has 9 nitrogen and oxygen atoms in total. The van der Waals surface area contributed by atoms with Gasteiger partial charge in [0.05, 0.1) is 17.6 Å². The molecule has 2 saturated heterocycles. The second kappa shape index (κ2) is 12.1. The number of benzene rings is 1. The van der Waals surface area contributed by atoms with Crippen LogP contribution in [0.5, 0.6) is 0 Å². The first kappa shape index (κ1) is 30.0. The molecule has 0 radical (unpaired) electrons. The van der Waals surface area contributed by atoms with Crippen molar-refractivity contribution in [1.29, 1.82) is 0 Å².